The van der Waals surface area contributed by atoms with Crippen molar-refractivity contribution in [1.82, 2.24) is 10.6 Å². The highest BCUT2D eigenvalue weighted by Crippen LogP contribution is 2.12. The number of rotatable bonds is 19. The van der Waals surface area contributed by atoms with E-state index in [9.17, 15) is 14.4 Å². The molecular weight excluding hydrogens is 436 g/mol. The van der Waals surface area contributed by atoms with E-state index < -0.39 is 12.0 Å². The molecule has 0 spiro atoms. The number of hydrogen-bond donors (Lipinski definition) is 3. The van der Waals surface area contributed by atoms with Gasteiger partial charge in [-0.3, -0.25) is 14.4 Å². The summed E-state index contributed by atoms with van der Waals surface area (Å²) in [6, 6.07) is 9.18. The molecule has 0 aromatic heterocycles. The summed E-state index contributed by atoms with van der Waals surface area (Å²) in [4.78, 5) is 37.3. The smallest absolute Gasteiger partial charge is 0.305 e. The first-order valence-corrected chi connectivity index (χ1v) is 11.7. The predicted molar refractivity (Wildman–Crippen MR) is 131 cm³/mol. The molecule has 1 aromatic rings. The van der Waals surface area contributed by atoms with E-state index in [-0.39, 0.29) is 50.6 Å². The second-order valence-corrected chi connectivity index (χ2v) is 7.87. The Hall–Kier alpha value is -2.97. The van der Waals surface area contributed by atoms with E-state index in [1.165, 1.54) is 0 Å². The van der Waals surface area contributed by atoms with Gasteiger partial charge in [-0.1, -0.05) is 42.5 Å². The van der Waals surface area contributed by atoms with Crippen LogP contribution in [0, 0.1) is 5.92 Å². The molecule has 0 radical (unpaired) electrons. The molecule has 2 atom stereocenters. The van der Waals surface area contributed by atoms with E-state index in [0.29, 0.717) is 32.2 Å². The van der Waals surface area contributed by atoms with Gasteiger partial charge in [0, 0.05) is 19.4 Å². The molecule has 0 saturated carbocycles. The minimum atomic E-state index is -0.600. The van der Waals surface area contributed by atoms with Crippen LogP contribution in [0.4, 0.5) is 0 Å². The molecule has 0 bridgehead atoms. The van der Waals surface area contributed by atoms with Gasteiger partial charge in [-0.15, -0.1) is 13.2 Å². The van der Waals surface area contributed by atoms with Gasteiger partial charge in [0.05, 0.1) is 31.8 Å². The van der Waals surface area contributed by atoms with Crippen LogP contribution in [0.3, 0.4) is 0 Å². The summed E-state index contributed by atoms with van der Waals surface area (Å²) in [6.45, 7) is 8.08. The van der Waals surface area contributed by atoms with Gasteiger partial charge >= 0.3 is 5.97 Å². The van der Waals surface area contributed by atoms with Gasteiger partial charge in [0.15, 0.2) is 0 Å². The van der Waals surface area contributed by atoms with Crippen LogP contribution in [0.15, 0.2) is 55.6 Å². The predicted octanol–water partition coefficient (Wildman–Crippen LogP) is 2.32. The summed E-state index contributed by atoms with van der Waals surface area (Å²) in [7, 11) is 0. The zero-order chi connectivity index (χ0) is 25.0. The first kappa shape index (κ1) is 29.1. The maximum atomic E-state index is 13.0. The lowest BCUT2D eigenvalue weighted by Gasteiger charge is -2.22. The van der Waals surface area contributed by atoms with E-state index >= 15 is 0 Å². The number of nitrogens with one attached hydrogen (secondary N) is 2. The van der Waals surface area contributed by atoms with Crippen LogP contribution >= 0.6 is 0 Å². The maximum absolute atomic E-state index is 13.0. The Bertz CT molecular complexity index is 753. The van der Waals surface area contributed by atoms with Crippen molar-refractivity contribution in [2.24, 2.45) is 5.92 Å². The van der Waals surface area contributed by atoms with E-state index in [0.717, 1.165) is 12.0 Å². The second kappa shape index (κ2) is 18.5. The molecule has 2 amide bonds. The number of carbonyl (C=O) groups is 3. The summed E-state index contributed by atoms with van der Waals surface area (Å²) in [5.41, 5.74) is 0.997. The molecule has 0 fully saturated rings. The highest BCUT2D eigenvalue weighted by Gasteiger charge is 2.24. The van der Waals surface area contributed by atoms with Crippen LogP contribution < -0.4 is 10.6 Å². The van der Waals surface area contributed by atoms with Crippen LogP contribution in [0.2, 0.25) is 0 Å². The minimum Gasteiger partial charge on any atom is -0.463 e. The molecule has 0 saturated heterocycles. The largest absolute Gasteiger partial charge is 0.463 e. The number of aliphatic hydroxyl groups excluding tert-OH is 1. The first-order valence-electron chi connectivity index (χ1n) is 11.7. The highest BCUT2D eigenvalue weighted by atomic mass is 16.5. The SMILES string of the molecule is C=CCCCC(=O)OC[C@@H](Cc1ccccc1)NC(=O)[C@H](CC=C)CC(=O)NCCOCCO. The lowest BCUT2D eigenvalue weighted by Crippen LogP contribution is -2.44. The van der Waals surface area contributed by atoms with Crippen LogP contribution in [0.5, 0.6) is 0 Å². The van der Waals surface area contributed by atoms with E-state index in [4.69, 9.17) is 14.6 Å². The van der Waals surface area contributed by atoms with Crippen molar-refractivity contribution in [1.29, 1.82) is 0 Å². The van der Waals surface area contributed by atoms with Crippen molar-refractivity contribution in [3.8, 4) is 0 Å². The molecule has 0 aliphatic rings. The molecule has 1 aromatic carbocycles. The fourth-order valence-corrected chi connectivity index (χ4v) is 3.24. The molecule has 0 unspecified atom stereocenters. The molecule has 0 aliphatic heterocycles. The second-order valence-electron chi connectivity index (χ2n) is 7.87. The third-order valence-electron chi connectivity index (χ3n) is 4.96. The Morgan fingerprint density at radius 3 is 2.53 bits per heavy atom. The molecule has 1 rings (SSSR count). The van der Waals surface area contributed by atoms with Gasteiger partial charge in [-0.2, -0.15) is 0 Å². The van der Waals surface area contributed by atoms with Crippen molar-refractivity contribution in [3.63, 3.8) is 0 Å². The van der Waals surface area contributed by atoms with E-state index in [2.05, 4.69) is 23.8 Å². The molecule has 3 N–H and O–H groups in total. The number of hydrogen-bond acceptors (Lipinski definition) is 6. The molecule has 0 aliphatic carbocycles. The molecule has 8 heteroatoms. The molecule has 188 valence electrons. The maximum Gasteiger partial charge on any atom is 0.305 e. The number of esters is 1. The molecular formula is C26H38N2O6. The van der Waals surface area contributed by atoms with Gasteiger partial charge < -0.3 is 25.2 Å². The standard InChI is InChI=1S/C26H38N2O6/c1-3-5-7-13-25(31)34-20-23(18-21-11-8-6-9-12-21)28-26(32)22(10-4-2)19-24(30)27-14-16-33-17-15-29/h3-4,6,8-9,11-12,22-23,29H,1-2,5,7,10,13-20H2,(H,27,30)(H,28,32)/t22-,23-/m1/s1. The fraction of sp³-hybridized carbons (Fsp3) is 0.500. The molecule has 34 heavy (non-hydrogen) atoms. The van der Waals surface area contributed by atoms with Crippen LogP contribution in [0.1, 0.15) is 37.7 Å². The van der Waals surface area contributed by atoms with Gasteiger partial charge in [0.25, 0.3) is 0 Å². The quantitative estimate of drug-likeness (QED) is 0.161. The Balaban J connectivity index is 2.69. The minimum absolute atomic E-state index is 0.00273. The van der Waals surface area contributed by atoms with Gasteiger partial charge in [0.2, 0.25) is 11.8 Å². The Morgan fingerprint density at radius 2 is 1.85 bits per heavy atom. The number of unbranched alkanes of at least 4 members (excludes halogenated alkanes) is 1. The normalized spacial score (nSPS) is 12.3. The summed E-state index contributed by atoms with van der Waals surface area (Å²) >= 11 is 0. The van der Waals surface area contributed by atoms with Crippen molar-refractivity contribution < 1.29 is 29.0 Å². The van der Waals surface area contributed by atoms with Crippen molar-refractivity contribution in [2.45, 2.75) is 44.6 Å². The molecule has 0 heterocycles. The van der Waals surface area contributed by atoms with E-state index in [1.54, 1.807) is 12.2 Å². The summed E-state index contributed by atoms with van der Waals surface area (Å²) in [5, 5.41) is 14.4. The number of carbonyl (C=O) groups excluding carboxylic acids is 3. The summed E-state index contributed by atoms with van der Waals surface area (Å²) < 4.78 is 10.5. The average Bonchev–Trinajstić information content (AvgIpc) is 2.83. The fourth-order valence-electron chi connectivity index (χ4n) is 3.24. The first-order chi connectivity index (χ1) is 16.5. The monoisotopic (exact) mass is 474 g/mol. The zero-order valence-electron chi connectivity index (χ0n) is 19.9. The lowest BCUT2D eigenvalue weighted by atomic mass is 9.98. The Kier molecular flexibility index (Phi) is 15.8. The van der Waals surface area contributed by atoms with Crippen LogP contribution in [-0.2, 0) is 30.3 Å². The Labute approximate surface area is 202 Å². The van der Waals surface area contributed by atoms with Crippen LogP contribution in [0.25, 0.3) is 0 Å². The van der Waals surface area contributed by atoms with E-state index in [1.807, 2.05) is 30.3 Å². The zero-order valence-corrected chi connectivity index (χ0v) is 19.9. The summed E-state index contributed by atoms with van der Waals surface area (Å²) in [6.07, 6.45) is 5.87. The number of amides is 2. The van der Waals surface area contributed by atoms with Crippen molar-refractivity contribution in [3.05, 3.63) is 61.2 Å². The third-order valence-corrected chi connectivity index (χ3v) is 4.96. The highest BCUT2D eigenvalue weighted by molar-refractivity contribution is 5.86. The van der Waals surface area contributed by atoms with Crippen molar-refractivity contribution >= 4 is 17.8 Å². The topological polar surface area (TPSA) is 114 Å². The number of allylic oxidation sites excluding steroid dienone is 2. The third kappa shape index (κ3) is 13.5. The number of aliphatic hydroxyl groups is 1. The van der Waals surface area contributed by atoms with Crippen LogP contribution in [-0.4, -0.2) is 61.9 Å². The van der Waals surface area contributed by atoms with Gasteiger partial charge in [-0.25, -0.2) is 0 Å². The average molecular weight is 475 g/mol. The Morgan fingerprint density at radius 1 is 1.09 bits per heavy atom. The van der Waals surface area contributed by atoms with Crippen molar-refractivity contribution in [2.75, 3.05) is 33.0 Å². The number of benzene rings is 1. The van der Waals surface area contributed by atoms with Gasteiger partial charge in [-0.05, 0) is 31.2 Å². The summed E-state index contributed by atoms with van der Waals surface area (Å²) in [5.74, 6) is -1.49. The van der Waals surface area contributed by atoms with Gasteiger partial charge in [0.1, 0.15) is 6.61 Å². The number of ether oxygens (including phenoxy) is 2. The lowest BCUT2D eigenvalue weighted by molar-refractivity contribution is -0.145. The molecule has 8 nitrogen and oxygen atoms in total.